The van der Waals surface area contributed by atoms with Crippen molar-refractivity contribution in [2.24, 2.45) is 5.92 Å². The molecule has 1 aliphatic rings. The molecule has 1 amide bonds. The minimum Gasteiger partial charge on any atom is -0.426 e. The molecular weight excluding hydrogens is 336 g/mol. The van der Waals surface area contributed by atoms with Crippen molar-refractivity contribution in [2.75, 3.05) is 11.4 Å². The largest absolute Gasteiger partial charge is 0.426 e. The summed E-state index contributed by atoms with van der Waals surface area (Å²) < 4.78 is 5.27. The Morgan fingerprint density at radius 1 is 1.15 bits per heavy atom. The topological polar surface area (TPSA) is 89.8 Å². The number of nitro groups is 1. The second-order valence-corrected chi connectivity index (χ2v) is 6.35. The molecule has 26 heavy (non-hydrogen) atoms. The first-order valence-electron chi connectivity index (χ1n) is 8.19. The normalized spacial score (nSPS) is 16.6. The standard InChI is InChI=1S/C19H18N2O5/c1-12-3-4-16(9-13(12)2)20-11-14(10-18(20)22)19(23)26-17-7-5-15(6-8-17)21(24)25/h3-9,14H,10-11H2,1-2H3. The lowest BCUT2D eigenvalue weighted by molar-refractivity contribution is -0.384. The maximum absolute atomic E-state index is 12.3. The van der Waals surface area contributed by atoms with E-state index in [1.54, 1.807) is 4.90 Å². The van der Waals surface area contributed by atoms with Gasteiger partial charge in [0, 0.05) is 30.8 Å². The fourth-order valence-electron chi connectivity index (χ4n) is 2.84. The summed E-state index contributed by atoms with van der Waals surface area (Å²) in [7, 11) is 0. The Kier molecular flexibility index (Phi) is 4.71. The zero-order chi connectivity index (χ0) is 18.8. The highest BCUT2D eigenvalue weighted by atomic mass is 16.6. The van der Waals surface area contributed by atoms with Gasteiger partial charge >= 0.3 is 5.97 Å². The Morgan fingerprint density at radius 3 is 2.46 bits per heavy atom. The molecule has 0 aromatic heterocycles. The van der Waals surface area contributed by atoms with Gasteiger partial charge in [0.15, 0.2) is 0 Å². The van der Waals surface area contributed by atoms with Crippen molar-refractivity contribution >= 4 is 23.3 Å². The third-order valence-corrected chi connectivity index (χ3v) is 4.53. The molecule has 0 aliphatic carbocycles. The lowest BCUT2D eigenvalue weighted by atomic mass is 10.1. The lowest BCUT2D eigenvalue weighted by Gasteiger charge is -2.17. The number of esters is 1. The Morgan fingerprint density at radius 2 is 1.85 bits per heavy atom. The average molecular weight is 354 g/mol. The van der Waals surface area contributed by atoms with Crippen LogP contribution in [0.25, 0.3) is 0 Å². The van der Waals surface area contributed by atoms with E-state index in [4.69, 9.17) is 4.74 Å². The second-order valence-electron chi connectivity index (χ2n) is 6.35. The highest BCUT2D eigenvalue weighted by Crippen LogP contribution is 2.28. The van der Waals surface area contributed by atoms with E-state index in [0.29, 0.717) is 0 Å². The Balaban J connectivity index is 1.68. The average Bonchev–Trinajstić information content (AvgIpc) is 3.00. The third-order valence-electron chi connectivity index (χ3n) is 4.53. The number of nitro benzene ring substituents is 1. The van der Waals surface area contributed by atoms with Crippen molar-refractivity contribution in [3.05, 3.63) is 63.7 Å². The molecule has 0 N–H and O–H groups in total. The predicted octanol–water partition coefficient (Wildman–Crippen LogP) is 3.17. The second kappa shape index (κ2) is 6.95. The zero-order valence-electron chi connectivity index (χ0n) is 14.5. The summed E-state index contributed by atoms with van der Waals surface area (Å²) in [4.78, 5) is 36.4. The van der Waals surface area contributed by atoms with Gasteiger partial charge in [0.05, 0.1) is 10.8 Å². The molecule has 1 saturated heterocycles. The van der Waals surface area contributed by atoms with Gasteiger partial charge in [0.1, 0.15) is 5.75 Å². The molecule has 1 atom stereocenters. The van der Waals surface area contributed by atoms with E-state index >= 15 is 0 Å². The van der Waals surface area contributed by atoms with Crippen LogP contribution in [0.3, 0.4) is 0 Å². The number of non-ortho nitro benzene ring substituents is 1. The number of benzene rings is 2. The van der Waals surface area contributed by atoms with E-state index in [9.17, 15) is 19.7 Å². The van der Waals surface area contributed by atoms with Crippen LogP contribution in [0.1, 0.15) is 17.5 Å². The summed E-state index contributed by atoms with van der Waals surface area (Å²) in [6.07, 6.45) is 0.0821. The number of anilines is 1. The SMILES string of the molecule is Cc1ccc(N2CC(C(=O)Oc3ccc([N+](=O)[O-])cc3)CC2=O)cc1C. The number of rotatable bonds is 4. The van der Waals surface area contributed by atoms with Crippen LogP contribution in [0.4, 0.5) is 11.4 Å². The molecule has 0 radical (unpaired) electrons. The van der Waals surface area contributed by atoms with E-state index in [0.717, 1.165) is 16.8 Å². The predicted molar refractivity (Wildman–Crippen MR) is 95.1 cm³/mol. The number of hydrogen-bond acceptors (Lipinski definition) is 5. The highest BCUT2D eigenvalue weighted by Gasteiger charge is 2.36. The maximum atomic E-state index is 12.3. The summed E-state index contributed by atoms with van der Waals surface area (Å²) >= 11 is 0. The Labute approximate surface area is 150 Å². The monoisotopic (exact) mass is 354 g/mol. The van der Waals surface area contributed by atoms with Crippen LogP contribution in [-0.2, 0) is 9.59 Å². The van der Waals surface area contributed by atoms with Crippen LogP contribution in [0, 0.1) is 29.9 Å². The molecule has 2 aromatic carbocycles. The Hall–Kier alpha value is -3.22. The number of aryl methyl sites for hydroxylation is 2. The van der Waals surface area contributed by atoms with Gasteiger partial charge in [-0.3, -0.25) is 19.7 Å². The number of carbonyl (C=O) groups is 2. The van der Waals surface area contributed by atoms with Gasteiger partial charge in [-0.25, -0.2) is 0 Å². The van der Waals surface area contributed by atoms with Crippen LogP contribution in [0.5, 0.6) is 5.75 Å². The van der Waals surface area contributed by atoms with Crippen LogP contribution in [0.2, 0.25) is 0 Å². The first-order valence-corrected chi connectivity index (χ1v) is 8.19. The fourth-order valence-corrected chi connectivity index (χ4v) is 2.84. The van der Waals surface area contributed by atoms with E-state index in [-0.39, 0.29) is 30.3 Å². The molecule has 7 nitrogen and oxygen atoms in total. The fraction of sp³-hybridized carbons (Fsp3) is 0.263. The van der Waals surface area contributed by atoms with Gasteiger partial charge in [-0.2, -0.15) is 0 Å². The van der Waals surface area contributed by atoms with Gasteiger partial charge in [-0.1, -0.05) is 6.07 Å². The van der Waals surface area contributed by atoms with Crippen LogP contribution >= 0.6 is 0 Å². The van der Waals surface area contributed by atoms with Crippen LogP contribution < -0.4 is 9.64 Å². The molecule has 0 saturated carbocycles. The molecule has 0 bridgehead atoms. The molecular formula is C19H18N2O5. The molecule has 1 heterocycles. The van der Waals surface area contributed by atoms with Gasteiger partial charge in [0.25, 0.3) is 5.69 Å². The van der Waals surface area contributed by atoms with Crippen molar-refractivity contribution in [2.45, 2.75) is 20.3 Å². The van der Waals surface area contributed by atoms with Gasteiger partial charge in [-0.15, -0.1) is 0 Å². The Bertz CT molecular complexity index is 876. The number of carbonyl (C=O) groups excluding carboxylic acids is 2. The van der Waals surface area contributed by atoms with E-state index in [1.165, 1.54) is 24.3 Å². The summed E-state index contributed by atoms with van der Waals surface area (Å²) in [5.41, 5.74) is 2.90. The quantitative estimate of drug-likeness (QED) is 0.364. The summed E-state index contributed by atoms with van der Waals surface area (Å²) in [6.45, 7) is 4.22. The van der Waals surface area contributed by atoms with E-state index in [2.05, 4.69) is 0 Å². The van der Waals surface area contributed by atoms with E-state index < -0.39 is 16.8 Å². The van der Waals surface area contributed by atoms with Gasteiger partial charge < -0.3 is 9.64 Å². The summed E-state index contributed by atoms with van der Waals surface area (Å²) in [5, 5.41) is 10.7. The lowest BCUT2D eigenvalue weighted by Crippen LogP contribution is -2.27. The third kappa shape index (κ3) is 3.56. The van der Waals surface area contributed by atoms with Crippen molar-refractivity contribution < 1.29 is 19.2 Å². The first-order chi connectivity index (χ1) is 12.3. The molecule has 3 rings (SSSR count). The molecule has 7 heteroatoms. The van der Waals surface area contributed by atoms with Gasteiger partial charge in [0.2, 0.25) is 5.91 Å². The minimum atomic E-state index is -0.570. The maximum Gasteiger partial charge on any atom is 0.316 e. The number of ether oxygens (including phenoxy) is 1. The zero-order valence-corrected chi connectivity index (χ0v) is 14.5. The number of nitrogens with zero attached hydrogens (tertiary/aromatic N) is 2. The number of hydrogen-bond donors (Lipinski definition) is 0. The summed E-state index contributed by atoms with van der Waals surface area (Å²) in [6, 6.07) is 11.0. The van der Waals surface area contributed by atoms with Crippen molar-refractivity contribution in [1.82, 2.24) is 0 Å². The summed E-state index contributed by atoms with van der Waals surface area (Å²) in [5.74, 6) is -0.991. The number of amides is 1. The smallest absolute Gasteiger partial charge is 0.316 e. The molecule has 2 aromatic rings. The van der Waals surface area contributed by atoms with Crippen LogP contribution in [-0.4, -0.2) is 23.3 Å². The first kappa shape index (κ1) is 17.6. The van der Waals surface area contributed by atoms with E-state index in [1.807, 2.05) is 32.0 Å². The van der Waals surface area contributed by atoms with Crippen molar-refractivity contribution in [1.29, 1.82) is 0 Å². The molecule has 1 fully saturated rings. The van der Waals surface area contributed by atoms with Crippen LogP contribution in [0.15, 0.2) is 42.5 Å². The highest BCUT2D eigenvalue weighted by molar-refractivity contribution is 5.99. The van der Waals surface area contributed by atoms with Crippen molar-refractivity contribution in [3.8, 4) is 5.75 Å². The minimum absolute atomic E-state index is 0.0817. The van der Waals surface area contributed by atoms with Gasteiger partial charge in [-0.05, 0) is 49.2 Å². The van der Waals surface area contributed by atoms with Crippen molar-refractivity contribution in [3.63, 3.8) is 0 Å². The molecule has 1 unspecified atom stereocenters. The molecule has 1 aliphatic heterocycles. The molecule has 0 spiro atoms. The molecule has 134 valence electrons.